The third-order valence-corrected chi connectivity index (χ3v) is 1.96. The fourth-order valence-corrected chi connectivity index (χ4v) is 1.02. The highest BCUT2D eigenvalue weighted by Gasteiger charge is 1.97. The monoisotopic (exact) mass is 178 g/mol. The molecule has 0 unspecified atom stereocenters. The summed E-state index contributed by atoms with van der Waals surface area (Å²) in [5, 5.41) is 0.617. The van der Waals surface area contributed by atoms with E-state index in [1.54, 1.807) is 6.07 Å². The lowest BCUT2D eigenvalue weighted by Gasteiger charge is -1.97. The lowest BCUT2D eigenvalue weighted by atomic mass is 10.1. The molecule has 2 heteroatoms. The van der Waals surface area contributed by atoms with E-state index in [1.807, 2.05) is 19.1 Å². The number of halogens is 1. The van der Waals surface area contributed by atoms with Crippen molar-refractivity contribution < 1.29 is 4.79 Å². The number of aldehydes is 1. The molecule has 0 fully saturated rings. The first kappa shape index (κ1) is 8.83. The fraction of sp³-hybridized carbons (Fsp3) is 0.100. The van der Waals surface area contributed by atoms with Crippen LogP contribution in [0.15, 0.2) is 18.2 Å². The van der Waals surface area contributed by atoms with E-state index in [4.69, 9.17) is 11.6 Å². The van der Waals surface area contributed by atoms with Crippen LogP contribution in [0.4, 0.5) is 0 Å². The van der Waals surface area contributed by atoms with Crippen LogP contribution >= 0.6 is 11.6 Å². The molecule has 0 saturated heterocycles. The maximum absolute atomic E-state index is 9.96. The van der Waals surface area contributed by atoms with E-state index < -0.39 is 0 Å². The minimum atomic E-state index is 0.554. The molecular formula is C10H7ClO. The van der Waals surface area contributed by atoms with Gasteiger partial charge >= 0.3 is 0 Å². The number of hydrogen-bond acceptors (Lipinski definition) is 1. The van der Waals surface area contributed by atoms with Crippen LogP contribution < -0.4 is 0 Å². The van der Waals surface area contributed by atoms with Crippen molar-refractivity contribution in [3.05, 3.63) is 34.3 Å². The third-order valence-electron chi connectivity index (χ3n) is 1.46. The zero-order chi connectivity index (χ0) is 8.97. The molecule has 12 heavy (non-hydrogen) atoms. The van der Waals surface area contributed by atoms with Gasteiger partial charge in [0, 0.05) is 5.56 Å². The zero-order valence-electron chi connectivity index (χ0n) is 6.60. The van der Waals surface area contributed by atoms with E-state index >= 15 is 0 Å². The van der Waals surface area contributed by atoms with Crippen LogP contribution in [0.25, 0.3) is 0 Å². The Morgan fingerprint density at radius 2 is 2.25 bits per heavy atom. The maximum atomic E-state index is 9.96. The van der Waals surface area contributed by atoms with Gasteiger partial charge in [-0.25, -0.2) is 0 Å². The van der Waals surface area contributed by atoms with Crippen molar-refractivity contribution in [1.82, 2.24) is 0 Å². The normalized spacial score (nSPS) is 8.50. The van der Waals surface area contributed by atoms with Crippen molar-refractivity contribution in [3.63, 3.8) is 0 Å². The average Bonchev–Trinajstić information content (AvgIpc) is 2.08. The van der Waals surface area contributed by atoms with Gasteiger partial charge in [0.05, 0.1) is 5.02 Å². The van der Waals surface area contributed by atoms with Crippen molar-refractivity contribution in [2.75, 3.05) is 0 Å². The first-order valence-corrected chi connectivity index (χ1v) is 3.84. The molecule has 0 atom stereocenters. The smallest absolute Gasteiger partial charge is 0.193 e. The molecule has 60 valence electrons. The summed E-state index contributed by atoms with van der Waals surface area (Å²) in [5.74, 6) is 4.97. The molecular weight excluding hydrogens is 172 g/mol. The van der Waals surface area contributed by atoms with E-state index in [1.165, 1.54) is 0 Å². The predicted molar refractivity (Wildman–Crippen MR) is 49.1 cm³/mol. The average molecular weight is 179 g/mol. The molecule has 1 rings (SSSR count). The largest absolute Gasteiger partial charge is 0.289 e. The molecule has 0 aromatic heterocycles. The summed E-state index contributed by atoms with van der Waals surface area (Å²) in [6.45, 7) is 1.90. The van der Waals surface area contributed by atoms with E-state index in [0.717, 1.165) is 5.56 Å². The SMILES string of the molecule is Cc1cccc(C#CC=O)c1Cl. The highest BCUT2D eigenvalue weighted by Crippen LogP contribution is 2.18. The summed E-state index contributed by atoms with van der Waals surface area (Å²) < 4.78 is 0. The Morgan fingerprint density at radius 3 is 2.92 bits per heavy atom. The second-order valence-electron chi connectivity index (χ2n) is 2.32. The maximum Gasteiger partial charge on any atom is 0.193 e. The first-order chi connectivity index (χ1) is 5.75. The predicted octanol–water partition coefficient (Wildman–Crippen LogP) is 2.20. The van der Waals surface area contributed by atoms with Crippen molar-refractivity contribution in [3.8, 4) is 11.8 Å². The summed E-state index contributed by atoms with van der Waals surface area (Å²) in [7, 11) is 0. The second kappa shape index (κ2) is 3.94. The van der Waals surface area contributed by atoms with Crippen molar-refractivity contribution in [1.29, 1.82) is 0 Å². The fourth-order valence-electron chi connectivity index (χ4n) is 0.851. The number of carbonyl (C=O) groups excluding carboxylic acids is 1. The van der Waals surface area contributed by atoms with Gasteiger partial charge in [0.25, 0.3) is 0 Å². The van der Waals surface area contributed by atoms with Crippen LogP contribution in [0, 0.1) is 18.8 Å². The Morgan fingerprint density at radius 1 is 1.50 bits per heavy atom. The molecule has 0 spiro atoms. The molecule has 1 aromatic rings. The molecule has 0 saturated carbocycles. The Labute approximate surface area is 76.4 Å². The molecule has 0 N–H and O–H groups in total. The number of benzene rings is 1. The van der Waals surface area contributed by atoms with Gasteiger partial charge in [0.15, 0.2) is 6.29 Å². The van der Waals surface area contributed by atoms with Crippen LogP contribution in [0.1, 0.15) is 11.1 Å². The molecule has 0 aliphatic carbocycles. The number of hydrogen-bond donors (Lipinski definition) is 0. The zero-order valence-corrected chi connectivity index (χ0v) is 7.35. The van der Waals surface area contributed by atoms with Gasteiger partial charge in [-0.1, -0.05) is 29.7 Å². The van der Waals surface area contributed by atoms with Crippen LogP contribution in [0.3, 0.4) is 0 Å². The highest BCUT2D eigenvalue weighted by atomic mass is 35.5. The van der Waals surface area contributed by atoms with Crippen molar-refractivity contribution in [2.45, 2.75) is 6.92 Å². The molecule has 0 amide bonds. The lowest BCUT2D eigenvalue weighted by Crippen LogP contribution is -1.80. The van der Waals surface area contributed by atoms with Crippen LogP contribution in [-0.4, -0.2) is 6.29 Å². The van der Waals surface area contributed by atoms with Gasteiger partial charge in [-0.2, -0.15) is 0 Å². The molecule has 0 aliphatic heterocycles. The van der Waals surface area contributed by atoms with E-state index in [9.17, 15) is 4.79 Å². The summed E-state index contributed by atoms with van der Waals surface area (Å²) >= 11 is 5.91. The van der Waals surface area contributed by atoms with Gasteiger partial charge < -0.3 is 0 Å². The molecule has 0 heterocycles. The van der Waals surface area contributed by atoms with Gasteiger partial charge in [0.2, 0.25) is 0 Å². The summed E-state index contributed by atoms with van der Waals surface area (Å²) in [4.78, 5) is 9.96. The minimum absolute atomic E-state index is 0.554. The molecule has 0 radical (unpaired) electrons. The van der Waals surface area contributed by atoms with Crippen LogP contribution in [0.2, 0.25) is 5.02 Å². The van der Waals surface area contributed by atoms with Crippen LogP contribution in [0.5, 0.6) is 0 Å². The van der Waals surface area contributed by atoms with Gasteiger partial charge in [0.1, 0.15) is 0 Å². The van der Waals surface area contributed by atoms with E-state index in [2.05, 4.69) is 11.8 Å². The van der Waals surface area contributed by atoms with E-state index in [-0.39, 0.29) is 0 Å². The van der Waals surface area contributed by atoms with Crippen LogP contribution in [-0.2, 0) is 4.79 Å². The Kier molecular flexibility index (Phi) is 2.90. The Balaban J connectivity index is 3.16. The standard InChI is InChI=1S/C10H7ClO/c1-8-4-2-5-9(10(8)11)6-3-7-12/h2,4-5,7H,1H3. The number of rotatable bonds is 0. The molecule has 0 aliphatic rings. The lowest BCUT2D eigenvalue weighted by molar-refractivity contribution is -0.103. The first-order valence-electron chi connectivity index (χ1n) is 3.46. The summed E-state index contributed by atoms with van der Waals surface area (Å²) in [5.41, 5.74) is 1.66. The molecule has 0 bridgehead atoms. The third kappa shape index (κ3) is 1.87. The van der Waals surface area contributed by atoms with Crippen molar-refractivity contribution >= 4 is 17.9 Å². The number of aryl methyl sites for hydroxylation is 1. The number of carbonyl (C=O) groups is 1. The topological polar surface area (TPSA) is 17.1 Å². The second-order valence-corrected chi connectivity index (χ2v) is 2.70. The van der Waals surface area contributed by atoms with Gasteiger partial charge in [-0.05, 0) is 24.5 Å². The van der Waals surface area contributed by atoms with Gasteiger partial charge in [-0.3, -0.25) is 4.79 Å². The highest BCUT2D eigenvalue weighted by molar-refractivity contribution is 6.32. The summed E-state index contributed by atoms with van der Waals surface area (Å²) in [6.07, 6.45) is 0.554. The summed E-state index contributed by atoms with van der Waals surface area (Å²) in [6, 6.07) is 5.54. The van der Waals surface area contributed by atoms with Gasteiger partial charge in [-0.15, -0.1) is 0 Å². The minimum Gasteiger partial charge on any atom is -0.289 e. The molecule has 1 aromatic carbocycles. The van der Waals surface area contributed by atoms with E-state index in [0.29, 0.717) is 16.9 Å². The Bertz CT molecular complexity index is 358. The van der Waals surface area contributed by atoms with Crippen molar-refractivity contribution in [2.24, 2.45) is 0 Å². The molecule has 1 nitrogen and oxygen atoms in total. The Hall–Kier alpha value is -1.26. The quantitative estimate of drug-likeness (QED) is 0.440.